The Kier molecular flexibility index (Phi) is 5.64. The smallest absolute Gasteiger partial charge is 0.142 e. The van der Waals surface area contributed by atoms with Crippen molar-refractivity contribution in [1.82, 2.24) is 5.32 Å². The number of rotatable bonds is 6. The van der Waals surface area contributed by atoms with Gasteiger partial charge in [-0.25, -0.2) is 0 Å². The molecule has 1 N–H and O–H groups in total. The molecule has 0 amide bonds. The Labute approximate surface area is 103 Å². The van der Waals surface area contributed by atoms with Gasteiger partial charge in [0.15, 0.2) is 0 Å². The van der Waals surface area contributed by atoms with Crippen LogP contribution in [0.4, 0.5) is 0 Å². The molecule has 0 aromatic heterocycles. The van der Waals surface area contributed by atoms with E-state index in [1.165, 1.54) is 0 Å². The summed E-state index contributed by atoms with van der Waals surface area (Å²) in [5, 5.41) is 4.04. The van der Waals surface area contributed by atoms with Gasteiger partial charge < -0.3 is 10.1 Å². The fourth-order valence-electron chi connectivity index (χ4n) is 1.46. The summed E-state index contributed by atoms with van der Waals surface area (Å²) in [6.45, 7) is 7.97. The van der Waals surface area contributed by atoms with Gasteiger partial charge in [0.1, 0.15) is 5.75 Å². The Morgan fingerprint density at radius 1 is 1.38 bits per heavy atom. The topological polar surface area (TPSA) is 21.3 Å². The first kappa shape index (κ1) is 13.3. The fraction of sp³-hybridized carbons (Fsp3) is 0.538. The molecule has 0 saturated carbocycles. The molecule has 1 aromatic rings. The first-order valence-corrected chi connectivity index (χ1v) is 6.17. The highest BCUT2D eigenvalue weighted by atomic mass is 35.5. The quantitative estimate of drug-likeness (QED) is 0.768. The minimum absolute atomic E-state index is 0.143. The zero-order chi connectivity index (χ0) is 12.0. The van der Waals surface area contributed by atoms with Crippen molar-refractivity contribution >= 4 is 11.6 Å². The van der Waals surface area contributed by atoms with Crippen LogP contribution in [-0.2, 0) is 6.54 Å². The molecule has 0 saturated heterocycles. The molecule has 16 heavy (non-hydrogen) atoms. The average molecular weight is 242 g/mol. The average Bonchev–Trinajstić information content (AvgIpc) is 2.23. The van der Waals surface area contributed by atoms with Crippen LogP contribution in [0.1, 0.15) is 32.8 Å². The van der Waals surface area contributed by atoms with Crippen molar-refractivity contribution < 1.29 is 4.74 Å². The first-order valence-electron chi connectivity index (χ1n) is 5.80. The van der Waals surface area contributed by atoms with Crippen LogP contribution in [0, 0.1) is 0 Å². The highest BCUT2D eigenvalue weighted by Gasteiger charge is 2.09. The second-order valence-electron chi connectivity index (χ2n) is 4.07. The summed E-state index contributed by atoms with van der Waals surface area (Å²) < 4.78 is 5.73. The van der Waals surface area contributed by atoms with Crippen LogP contribution in [-0.4, -0.2) is 12.6 Å². The molecule has 0 bridgehead atoms. The third kappa shape index (κ3) is 4.03. The maximum Gasteiger partial charge on any atom is 0.142 e. The van der Waals surface area contributed by atoms with E-state index in [2.05, 4.69) is 12.2 Å². The summed E-state index contributed by atoms with van der Waals surface area (Å²) in [5.41, 5.74) is 1.12. The number of halogens is 1. The van der Waals surface area contributed by atoms with Crippen LogP contribution in [0.25, 0.3) is 0 Å². The molecule has 0 radical (unpaired) electrons. The molecule has 2 nitrogen and oxygen atoms in total. The largest absolute Gasteiger partial charge is 0.489 e. The van der Waals surface area contributed by atoms with Gasteiger partial charge in [-0.2, -0.15) is 0 Å². The number of ether oxygens (including phenoxy) is 1. The van der Waals surface area contributed by atoms with Gasteiger partial charge in [0.2, 0.25) is 0 Å². The summed E-state index contributed by atoms with van der Waals surface area (Å²) >= 11 is 6.13. The van der Waals surface area contributed by atoms with E-state index in [1.54, 1.807) is 0 Å². The van der Waals surface area contributed by atoms with Crippen molar-refractivity contribution in [3.8, 4) is 5.75 Å². The second-order valence-corrected chi connectivity index (χ2v) is 4.48. The minimum Gasteiger partial charge on any atom is -0.489 e. The van der Waals surface area contributed by atoms with Gasteiger partial charge in [0.05, 0.1) is 11.1 Å². The summed E-state index contributed by atoms with van der Waals surface area (Å²) in [6, 6.07) is 5.87. The molecule has 0 heterocycles. The maximum atomic E-state index is 6.13. The lowest BCUT2D eigenvalue weighted by atomic mass is 10.2. The van der Waals surface area contributed by atoms with Gasteiger partial charge >= 0.3 is 0 Å². The van der Waals surface area contributed by atoms with Crippen molar-refractivity contribution in [2.45, 2.75) is 39.8 Å². The zero-order valence-electron chi connectivity index (χ0n) is 10.2. The van der Waals surface area contributed by atoms with Crippen molar-refractivity contribution in [2.24, 2.45) is 0 Å². The maximum absolute atomic E-state index is 6.13. The molecule has 0 aliphatic carbocycles. The summed E-state index contributed by atoms with van der Waals surface area (Å²) in [7, 11) is 0. The molecule has 0 unspecified atom stereocenters. The molecule has 1 rings (SSSR count). The number of para-hydroxylation sites is 1. The third-order valence-electron chi connectivity index (χ3n) is 2.14. The van der Waals surface area contributed by atoms with Crippen molar-refractivity contribution in [2.75, 3.05) is 6.54 Å². The molecular weight excluding hydrogens is 222 g/mol. The number of hydrogen-bond donors (Lipinski definition) is 1. The fourth-order valence-corrected chi connectivity index (χ4v) is 1.70. The molecule has 0 fully saturated rings. The zero-order valence-corrected chi connectivity index (χ0v) is 11.0. The molecule has 3 heteroatoms. The van der Waals surface area contributed by atoms with E-state index < -0.39 is 0 Å². The minimum atomic E-state index is 0.143. The lowest BCUT2D eigenvalue weighted by molar-refractivity contribution is 0.239. The van der Waals surface area contributed by atoms with Gasteiger partial charge in [-0.15, -0.1) is 0 Å². The van der Waals surface area contributed by atoms with Crippen LogP contribution in [0.3, 0.4) is 0 Å². The Morgan fingerprint density at radius 2 is 2.12 bits per heavy atom. The molecule has 0 aliphatic rings. The van der Waals surface area contributed by atoms with Gasteiger partial charge in [-0.1, -0.05) is 30.7 Å². The van der Waals surface area contributed by atoms with E-state index in [0.717, 1.165) is 30.8 Å². The molecular formula is C13H20ClNO. The summed E-state index contributed by atoms with van der Waals surface area (Å²) in [5.74, 6) is 0.808. The van der Waals surface area contributed by atoms with Crippen molar-refractivity contribution in [3.05, 3.63) is 28.8 Å². The summed E-state index contributed by atoms with van der Waals surface area (Å²) in [6.07, 6.45) is 1.27. The predicted molar refractivity (Wildman–Crippen MR) is 69.2 cm³/mol. The predicted octanol–water partition coefficient (Wildman–Crippen LogP) is 3.63. The number of benzene rings is 1. The van der Waals surface area contributed by atoms with Gasteiger partial charge in [-0.05, 0) is 32.9 Å². The lowest BCUT2D eigenvalue weighted by Crippen LogP contribution is -2.16. The van der Waals surface area contributed by atoms with Crippen LogP contribution < -0.4 is 10.1 Å². The van der Waals surface area contributed by atoms with Crippen LogP contribution >= 0.6 is 11.6 Å². The third-order valence-corrected chi connectivity index (χ3v) is 2.44. The Morgan fingerprint density at radius 3 is 2.75 bits per heavy atom. The monoisotopic (exact) mass is 241 g/mol. The molecule has 0 atom stereocenters. The lowest BCUT2D eigenvalue weighted by Gasteiger charge is -2.16. The van der Waals surface area contributed by atoms with Gasteiger partial charge in [0.25, 0.3) is 0 Å². The normalized spacial score (nSPS) is 10.8. The van der Waals surface area contributed by atoms with Crippen molar-refractivity contribution in [3.63, 3.8) is 0 Å². The highest BCUT2D eigenvalue weighted by Crippen LogP contribution is 2.29. The first-order chi connectivity index (χ1) is 7.65. The Balaban J connectivity index is 2.76. The Hall–Kier alpha value is -0.730. The van der Waals surface area contributed by atoms with E-state index in [9.17, 15) is 0 Å². The second kappa shape index (κ2) is 6.77. The Bertz CT molecular complexity index is 326. The van der Waals surface area contributed by atoms with Gasteiger partial charge in [0, 0.05) is 12.1 Å². The van der Waals surface area contributed by atoms with E-state index >= 15 is 0 Å². The molecule has 0 spiro atoms. The summed E-state index contributed by atoms with van der Waals surface area (Å²) in [4.78, 5) is 0. The molecule has 90 valence electrons. The molecule has 1 aromatic carbocycles. The highest BCUT2D eigenvalue weighted by molar-refractivity contribution is 6.32. The van der Waals surface area contributed by atoms with E-state index in [-0.39, 0.29) is 6.10 Å². The van der Waals surface area contributed by atoms with E-state index in [1.807, 2.05) is 32.0 Å². The number of nitrogens with one attached hydrogen (secondary N) is 1. The van der Waals surface area contributed by atoms with Crippen molar-refractivity contribution in [1.29, 1.82) is 0 Å². The molecule has 0 aliphatic heterocycles. The van der Waals surface area contributed by atoms with Crippen LogP contribution in [0.15, 0.2) is 18.2 Å². The van der Waals surface area contributed by atoms with Gasteiger partial charge in [-0.3, -0.25) is 0 Å². The van der Waals surface area contributed by atoms with E-state index in [4.69, 9.17) is 16.3 Å². The number of hydrogen-bond acceptors (Lipinski definition) is 2. The van der Waals surface area contributed by atoms with Crippen LogP contribution in [0.2, 0.25) is 5.02 Å². The standard InChI is InChI=1S/C13H20ClNO/c1-4-8-15-9-11-6-5-7-12(14)13(11)16-10(2)3/h5-7,10,15H,4,8-9H2,1-3H3. The van der Waals surface area contributed by atoms with E-state index in [0.29, 0.717) is 5.02 Å². The van der Waals surface area contributed by atoms with Crippen LogP contribution in [0.5, 0.6) is 5.75 Å². The SMILES string of the molecule is CCCNCc1cccc(Cl)c1OC(C)C.